The van der Waals surface area contributed by atoms with Crippen LogP contribution in [0.25, 0.3) is 0 Å². The zero-order valence-electron chi connectivity index (χ0n) is 12.7. The van der Waals surface area contributed by atoms with Crippen molar-refractivity contribution in [3.8, 4) is 11.5 Å². The van der Waals surface area contributed by atoms with Crippen LogP contribution in [-0.2, 0) is 6.18 Å². The first-order chi connectivity index (χ1) is 11.3. The fourth-order valence-electron chi connectivity index (χ4n) is 2.03. The van der Waals surface area contributed by atoms with Gasteiger partial charge in [0.1, 0.15) is 0 Å². The van der Waals surface area contributed by atoms with Gasteiger partial charge in [-0.15, -0.1) is 0 Å². The molecule has 0 radical (unpaired) electrons. The second kappa shape index (κ2) is 7.12. The molecule has 0 fully saturated rings. The maximum absolute atomic E-state index is 12.7. The van der Waals surface area contributed by atoms with Crippen molar-refractivity contribution >= 4 is 27.5 Å². The highest BCUT2D eigenvalue weighted by molar-refractivity contribution is 9.10. The molecule has 2 aromatic rings. The number of ether oxygens (including phenoxy) is 2. The Labute approximate surface area is 144 Å². The number of amides is 1. The van der Waals surface area contributed by atoms with Crippen molar-refractivity contribution in [1.29, 1.82) is 0 Å². The van der Waals surface area contributed by atoms with Crippen LogP contribution < -0.4 is 14.8 Å². The number of hydrogen-bond acceptors (Lipinski definition) is 3. The Kier molecular flexibility index (Phi) is 5.38. The SMILES string of the molecule is COc1cc(C(=O)Nc2cccc(C(F)(F)F)c2)cc(Br)c1OC. The van der Waals surface area contributed by atoms with E-state index < -0.39 is 17.6 Å². The Morgan fingerprint density at radius 2 is 1.83 bits per heavy atom. The number of halogens is 4. The third-order valence-electron chi connectivity index (χ3n) is 3.14. The van der Waals surface area contributed by atoms with E-state index in [0.29, 0.717) is 16.0 Å². The zero-order chi connectivity index (χ0) is 17.9. The highest BCUT2D eigenvalue weighted by atomic mass is 79.9. The molecule has 8 heteroatoms. The van der Waals surface area contributed by atoms with Gasteiger partial charge in [0, 0.05) is 11.3 Å². The molecule has 0 aromatic heterocycles. The van der Waals surface area contributed by atoms with E-state index in [1.165, 1.54) is 38.5 Å². The topological polar surface area (TPSA) is 47.6 Å². The summed E-state index contributed by atoms with van der Waals surface area (Å²) < 4.78 is 48.9. The summed E-state index contributed by atoms with van der Waals surface area (Å²) in [5.41, 5.74) is -0.591. The summed E-state index contributed by atoms with van der Waals surface area (Å²) in [5, 5.41) is 2.43. The largest absolute Gasteiger partial charge is 0.493 e. The second-order valence-corrected chi connectivity index (χ2v) is 5.58. The monoisotopic (exact) mass is 403 g/mol. The van der Waals surface area contributed by atoms with Gasteiger partial charge < -0.3 is 14.8 Å². The van der Waals surface area contributed by atoms with E-state index in [9.17, 15) is 18.0 Å². The average molecular weight is 404 g/mol. The normalized spacial score (nSPS) is 11.1. The molecular formula is C16H13BrF3NO3. The van der Waals surface area contributed by atoms with Gasteiger partial charge in [0.15, 0.2) is 11.5 Å². The van der Waals surface area contributed by atoms with Gasteiger partial charge in [-0.3, -0.25) is 4.79 Å². The third kappa shape index (κ3) is 4.00. The Balaban J connectivity index is 2.29. The number of methoxy groups -OCH3 is 2. The molecule has 0 aliphatic heterocycles. The van der Waals surface area contributed by atoms with Gasteiger partial charge in [-0.05, 0) is 46.3 Å². The Morgan fingerprint density at radius 1 is 1.12 bits per heavy atom. The van der Waals surface area contributed by atoms with E-state index >= 15 is 0 Å². The molecule has 0 bridgehead atoms. The Morgan fingerprint density at radius 3 is 2.42 bits per heavy atom. The molecule has 0 heterocycles. The van der Waals surface area contributed by atoms with E-state index in [1.807, 2.05) is 0 Å². The first-order valence-electron chi connectivity index (χ1n) is 6.66. The van der Waals surface area contributed by atoms with Crippen LogP contribution in [0.1, 0.15) is 15.9 Å². The highest BCUT2D eigenvalue weighted by Gasteiger charge is 2.30. The van der Waals surface area contributed by atoms with Gasteiger partial charge >= 0.3 is 6.18 Å². The van der Waals surface area contributed by atoms with Crippen LogP contribution in [0.5, 0.6) is 11.5 Å². The minimum absolute atomic E-state index is 0.0423. The van der Waals surface area contributed by atoms with Crippen LogP contribution in [0.4, 0.5) is 18.9 Å². The summed E-state index contributed by atoms with van der Waals surface area (Å²) in [4.78, 5) is 12.3. The van der Waals surface area contributed by atoms with Gasteiger partial charge in [0.25, 0.3) is 5.91 Å². The smallest absolute Gasteiger partial charge is 0.416 e. The molecule has 2 aromatic carbocycles. The van der Waals surface area contributed by atoms with E-state index in [2.05, 4.69) is 21.2 Å². The minimum Gasteiger partial charge on any atom is -0.493 e. The lowest BCUT2D eigenvalue weighted by Crippen LogP contribution is -2.13. The molecule has 2 rings (SSSR count). The Bertz CT molecular complexity index is 763. The highest BCUT2D eigenvalue weighted by Crippen LogP contribution is 2.36. The predicted molar refractivity (Wildman–Crippen MR) is 86.6 cm³/mol. The van der Waals surface area contributed by atoms with Crippen LogP contribution in [0.3, 0.4) is 0 Å². The van der Waals surface area contributed by atoms with Gasteiger partial charge in [0.2, 0.25) is 0 Å². The number of rotatable bonds is 4. The lowest BCUT2D eigenvalue weighted by atomic mass is 10.1. The van der Waals surface area contributed by atoms with Crippen LogP contribution in [0.15, 0.2) is 40.9 Å². The number of benzene rings is 2. The lowest BCUT2D eigenvalue weighted by molar-refractivity contribution is -0.137. The molecular weight excluding hydrogens is 391 g/mol. The average Bonchev–Trinajstić information content (AvgIpc) is 2.53. The van der Waals surface area contributed by atoms with Crippen molar-refractivity contribution in [2.45, 2.75) is 6.18 Å². The van der Waals surface area contributed by atoms with Crippen LogP contribution in [0.2, 0.25) is 0 Å². The number of carbonyl (C=O) groups is 1. The van der Waals surface area contributed by atoms with Gasteiger partial charge in [0.05, 0.1) is 24.3 Å². The molecule has 1 amide bonds. The van der Waals surface area contributed by atoms with E-state index in [4.69, 9.17) is 9.47 Å². The number of anilines is 1. The van der Waals surface area contributed by atoms with Gasteiger partial charge in [-0.1, -0.05) is 6.07 Å². The first-order valence-corrected chi connectivity index (χ1v) is 7.45. The summed E-state index contributed by atoms with van der Waals surface area (Å²) in [7, 11) is 2.86. The van der Waals surface area contributed by atoms with Gasteiger partial charge in [-0.2, -0.15) is 13.2 Å². The molecule has 0 atom stereocenters. The summed E-state index contributed by atoms with van der Waals surface area (Å²) in [5.74, 6) is 0.158. The minimum atomic E-state index is -4.48. The van der Waals surface area contributed by atoms with Crippen LogP contribution in [-0.4, -0.2) is 20.1 Å². The summed E-state index contributed by atoms with van der Waals surface area (Å²) in [6.45, 7) is 0. The molecule has 4 nitrogen and oxygen atoms in total. The molecule has 0 unspecified atom stereocenters. The predicted octanol–water partition coefficient (Wildman–Crippen LogP) is 4.74. The number of carbonyl (C=O) groups excluding carboxylic acids is 1. The number of alkyl halides is 3. The first kappa shape index (κ1) is 18.1. The van der Waals surface area contributed by atoms with Crippen LogP contribution in [0, 0.1) is 0 Å². The molecule has 0 saturated heterocycles. The van der Waals surface area contributed by atoms with E-state index in [1.54, 1.807) is 0 Å². The summed E-state index contributed by atoms with van der Waals surface area (Å²) in [6, 6.07) is 7.33. The van der Waals surface area contributed by atoms with Crippen molar-refractivity contribution in [2.75, 3.05) is 19.5 Å². The number of nitrogens with one attached hydrogen (secondary N) is 1. The van der Waals surface area contributed by atoms with E-state index in [0.717, 1.165) is 12.1 Å². The third-order valence-corrected chi connectivity index (χ3v) is 3.73. The maximum atomic E-state index is 12.7. The molecule has 1 N–H and O–H groups in total. The second-order valence-electron chi connectivity index (χ2n) is 4.73. The molecule has 0 spiro atoms. The molecule has 128 valence electrons. The van der Waals surface area contributed by atoms with Crippen molar-refractivity contribution in [2.24, 2.45) is 0 Å². The zero-order valence-corrected chi connectivity index (χ0v) is 14.3. The quantitative estimate of drug-likeness (QED) is 0.801. The fraction of sp³-hybridized carbons (Fsp3) is 0.188. The maximum Gasteiger partial charge on any atom is 0.416 e. The fourth-order valence-corrected chi connectivity index (χ4v) is 2.63. The molecule has 24 heavy (non-hydrogen) atoms. The standard InChI is InChI=1S/C16H13BrF3NO3/c1-23-13-7-9(6-12(17)14(13)24-2)15(22)21-11-5-3-4-10(8-11)16(18,19)20/h3-8H,1-2H3,(H,21,22). The van der Waals surface area contributed by atoms with Crippen molar-refractivity contribution in [3.63, 3.8) is 0 Å². The van der Waals surface area contributed by atoms with Crippen molar-refractivity contribution in [1.82, 2.24) is 0 Å². The molecule has 0 aliphatic carbocycles. The summed E-state index contributed by atoms with van der Waals surface area (Å²) >= 11 is 3.26. The molecule has 0 aliphatic rings. The van der Waals surface area contributed by atoms with E-state index in [-0.39, 0.29) is 11.3 Å². The lowest BCUT2D eigenvalue weighted by Gasteiger charge is -2.13. The molecule has 0 saturated carbocycles. The summed E-state index contributed by atoms with van der Waals surface area (Å²) in [6.07, 6.45) is -4.48. The number of hydrogen-bond donors (Lipinski definition) is 1. The van der Waals surface area contributed by atoms with Crippen molar-refractivity contribution < 1.29 is 27.4 Å². The van der Waals surface area contributed by atoms with Crippen LogP contribution >= 0.6 is 15.9 Å². The van der Waals surface area contributed by atoms with Crippen molar-refractivity contribution in [3.05, 3.63) is 52.0 Å². The van der Waals surface area contributed by atoms with Gasteiger partial charge in [-0.25, -0.2) is 0 Å². The Hall–Kier alpha value is -2.22.